The lowest BCUT2D eigenvalue weighted by Crippen LogP contribution is -2.17. The molecule has 1 saturated heterocycles. The largest absolute Gasteiger partial charge is 0.508 e. The fourth-order valence-electron chi connectivity index (χ4n) is 3.35. The zero-order valence-electron chi connectivity index (χ0n) is 12.4. The summed E-state index contributed by atoms with van der Waals surface area (Å²) < 4.78 is 0. The van der Waals surface area contributed by atoms with Crippen molar-refractivity contribution >= 4 is 24.0 Å². The zero-order valence-corrected chi connectivity index (χ0v) is 14.2. The summed E-state index contributed by atoms with van der Waals surface area (Å²) >= 11 is 5.12. The maximum atomic E-state index is 10.2. The van der Waals surface area contributed by atoms with E-state index in [0.29, 0.717) is 5.75 Å². The van der Waals surface area contributed by atoms with Gasteiger partial charge in [0.15, 0.2) is 0 Å². The Morgan fingerprint density at radius 1 is 0.952 bits per heavy atom. The lowest BCUT2D eigenvalue weighted by molar-refractivity contribution is 0.466. The number of phenols is 1. The van der Waals surface area contributed by atoms with E-state index >= 15 is 0 Å². The molecule has 0 aromatic heterocycles. The first kappa shape index (κ1) is 14.9. The highest BCUT2D eigenvalue weighted by Crippen LogP contribution is 2.67. The van der Waals surface area contributed by atoms with Crippen LogP contribution < -0.4 is 5.30 Å². The number of benzene rings is 2. The van der Waals surface area contributed by atoms with Gasteiger partial charge in [0, 0.05) is 29.3 Å². The van der Waals surface area contributed by atoms with Gasteiger partial charge in [0.05, 0.1) is 12.3 Å². The van der Waals surface area contributed by atoms with Crippen LogP contribution in [0.3, 0.4) is 0 Å². The number of thiol groups is 1. The van der Waals surface area contributed by atoms with Crippen molar-refractivity contribution in [3.05, 3.63) is 59.7 Å². The van der Waals surface area contributed by atoms with Crippen LogP contribution in [0.1, 0.15) is 36.8 Å². The minimum atomic E-state index is -1.29. The van der Waals surface area contributed by atoms with Crippen LogP contribution in [0.25, 0.3) is 0 Å². The summed E-state index contributed by atoms with van der Waals surface area (Å²) in [5, 5.41) is 11.6. The Kier molecular flexibility index (Phi) is 4.28. The molecule has 0 aliphatic carbocycles. The second kappa shape index (κ2) is 6.02. The third-order valence-corrected chi connectivity index (χ3v) is 9.82. The number of rotatable bonds is 3. The van der Waals surface area contributed by atoms with Gasteiger partial charge in [-0.25, -0.2) is 0 Å². The molecule has 0 radical (unpaired) electrons. The van der Waals surface area contributed by atoms with Crippen LogP contribution in [-0.2, 0) is 0 Å². The smallest absolute Gasteiger partial charge is 0.119 e. The van der Waals surface area contributed by atoms with Gasteiger partial charge < -0.3 is 5.11 Å². The van der Waals surface area contributed by atoms with E-state index in [9.17, 15) is 5.11 Å². The highest BCUT2D eigenvalue weighted by atomic mass is 32.7. The van der Waals surface area contributed by atoms with Gasteiger partial charge in [-0.05, 0) is 25.0 Å². The number of hydrogen-bond acceptors (Lipinski definition) is 2. The maximum Gasteiger partial charge on any atom is 0.119 e. The third kappa shape index (κ3) is 2.84. The SMILES string of the molecule is CC(c1ccccc1O)c1ccccc1[P+]1(S)CCCC1. The van der Waals surface area contributed by atoms with Crippen molar-refractivity contribution in [2.45, 2.75) is 25.7 Å². The molecule has 110 valence electrons. The quantitative estimate of drug-likeness (QED) is 0.614. The average molecular weight is 317 g/mol. The van der Waals surface area contributed by atoms with Crippen LogP contribution in [0.15, 0.2) is 48.5 Å². The zero-order chi connectivity index (χ0) is 14.9. The van der Waals surface area contributed by atoms with Gasteiger partial charge in [-0.2, -0.15) is 0 Å². The summed E-state index contributed by atoms with van der Waals surface area (Å²) in [5.74, 6) is 0.588. The molecule has 3 heteroatoms. The summed E-state index contributed by atoms with van der Waals surface area (Å²) in [5.41, 5.74) is 2.34. The molecule has 21 heavy (non-hydrogen) atoms. The minimum absolute atomic E-state index is 0.201. The van der Waals surface area contributed by atoms with E-state index in [1.807, 2.05) is 18.2 Å². The fourth-order valence-corrected chi connectivity index (χ4v) is 8.06. The Morgan fingerprint density at radius 2 is 1.52 bits per heavy atom. The fraction of sp³-hybridized carbons (Fsp3) is 0.333. The van der Waals surface area contributed by atoms with Gasteiger partial charge >= 0.3 is 0 Å². The van der Waals surface area contributed by atoms with Gasteiger partial charge in [-0.3, -0.25) is 0 Å². The summed E-state index contributed by atoms with van der Waals surface area (Å²) in [7, 11) is 0. The molecule has 1 atom stereocenters. The molecular formula is C18H22OPS+. The monoisotopic (exact) mass is 317 g/mol. The second-order valence-electron chi connectivity index (χ2n) is 5.92. The average Bonchev–Trinajstić information content (AvgIpc) is 2.95. The number of para-hydroxylation sites is 1. The first-order valence-electron chi connectivity index (χ1n) is 7.59. The Hall–Kier alpha value is -0.980. The highest BCUT2D eigenvalue weighted by Gasteiger charge is 2.42. The predicted molar refractivity (Wildman–Crippen MR) is 96.6 cm³/mol. The van der Waals surface area contributed by atoms with Crippen LogP contribution in [0, 0.1) is 0 Å². The molecule has 2 aromatic carbocycles. The van der Waals surface area contributed by atoms with Gasteiger partial charge in [0.1, 0.15) is 17.5 Å². The topological polar surface area (TPSA) is 20.2 Å². The highest BCUT2D eigenvalue weighted by molar-refractivity contribution is 8.55. The normalized spacial score (nSPS) is 18.6. The van der Waals surface area contributed by atoms with Crippen molar-refractivity contribution in [3.63, 3.8) is 0 Å². The standard InChI is InChI=1S/C18H21OPS/c1-14(15-8-2-4-10-17(15)19)16-9-3-5-11-18(16)20(21)12-6-7-13-20/h2-5,8-11,14,21H,6-7,12-13H2,1H3/p+1. The minimum Gasteiger partial charge on any atom is -0.508 e. The number of aromatic hydroxyl groups is 1. The molecule has 2 aromatic rings. The molecule has 0 spiro atoms. The van der Waals surface area contributed by atoms with Crippen LogP contribution in [0.4, 0.5) is 0 Å². The second-order valence-corrected chi connectivity index (χ2v) is 11.4. The molecule has 0 amide bonds. The van der Waals surface area contributed by atoms with Gasteiger partial charge in [0.2, 0.25) is 0 Å². The summed E-state index contributed by atoms with van der Waals surface area (Å²) in [6.45, 7) is 0.898. The number of phenolic OH excluding ortho intramolecular Hbond substituents is 1. The molecule has 1 N–H and O–H groups in total. The Balaban J connectivity index is 2.05. The van der Waals surface area contributed by atoms with E-state index in [2.05, 4.69) is 31.2 Å². The van der Waals surface area contributed by atoms with Crippen LogP contribution in [0.5, 0.6) is 5.75 Å². The third-order valence-electron chi connectivity index (χ3n) is 4.56. The molecular weight excluding hydrogens is 295 g/mol. The van der Waals surface area contributed by atoms with Crippen molar-refractivity contribution in [1.29, 1.82) is 0 Å². The lowest BCUT2D eigenvalue weighted by Gasteiger charge is -2.22. The summed E-state index contributed by atoms with van der Waals surface area (Å²) in [6.07, 6.45) is 5.11. The van der Waals surface area contributed by atoms with Crippen LogP contribution in [0.2, 0.25) is 0 Å². The van der Waals surface area contributed by atoms with Crippen LogP contribution in [-0.4, -0.2) is 17.4 Å². The van der Waals surface area contributed by atoms with E-state index in [4.69, 9.17) is 12.2 Å². The van der Waals surface area contributed by atoms with Crippen molar-refractivity contribution < 1.29 is 5.11 Å². The maximum absolute atomic E-state index is 10.2. The van der Waals surface area contributed by atoms with Crippen molar-refractivity contribution in [2.24, 2.45) is 0 Å². The Bertz CT molecular complexity index is 635. The van der Waals surface area contributed by atoms with Crippen LogP contribution >= 0.6 is 18.7 Å². The van der Waals surface area contributed by atoms with E-state index in [-0.39, 0.29) is 5.92 Å². The first-order chi connectivity index (χ1) is 10.1. The molecule has 1 aliphatic rings. The van der Waals surface area contributed by atoms with Crippen molar-refractivity contribution in [1.82, 2.24) is 0 Å². The lowest BCUT2D eigenvalue weighted by atomic mass is 9.92. The van der Waals surface area contributed by atoms with E-state index < -0.39 is 6.46 Å². The van der Waals surface area contributed by atoms with E-state index in [0.717, 1.165) is 5.56 Å². The van der Waals surface area contributed by atoms with Gasteiger partial charge in [-0.15, -0.1) is 0 Å². The molecule has 1 nitrogen and oxygen atoms in total. The first-order valence-corrected chi connectivity index (χ1v) is 10.9. The predicted octanol–water partition coefficient (Wildman–Crippen LogP) is 4.83. The summed E-state index contributed by atoms with van der Waals surface area (Å²) in [6, 6.07) is 16.4. The van der Waals surface area contributed by atoms with E-state index in [1.54, 1.807) is 6.07 Å². The summed E-state index contributed by atoms with van der Waals surface area (Å²) in [4.78, 5) is 0. The molecule has 1 unspecified atom stereocenters. The molecule has 1 fully saturated rings. The Morgan fingerprint density at radius 3 is 2.19 bits per heavy atom. The van der Waals surface area contributed by atoms with Gasteiger partial charge in [-0.1, -0.05) is 43.3 Å². The van der Waals surface area contributed by atoms with Gasteiger partial charge in [0.25, 0.3) is 0 Å². The molecule has 0 bridgehead atoms. The number of hydrogen-bond donors (Lipinski definition) is 2. The molecule has 3 rings (SSSR count). The van der Waals surface area contributed by atoms with E-state index in [1.165, 1.54) is 36.0 Å². The molecule has 1 aliphatic heterocycles. The van der Waals surface area contributed by atoms with Crippen molar-refractivity contribution in [2.75, 3.05) is 12.3 Å². The molecule has 1 heterocycles. The Labute approximate surface area is 132 Å². The van der Waals surface area contributed by atoms with Crippen molar-refractivity contribution in [3.8, 4) is 5.75 Å². The molecule has 0 saturated carbocycles.